The largest absolute Gasteiger partial charge is 0.479 e. The van der Waals surface area contributed by atoms with Gasteiger partial charge in [-0.25, -0.2) is 18.7 Å². The monoisotopic (exact) mass is 928 g/mol. The Morgan fingerprint density at radius 1 is 0.894 bits per heavy atom. The lowest BCUT2D eigenvalue weighted by Gasteiger charge is -2.48. The van der Waals surface area contributed by atoms with E-state index >= 15 is 0 Å². The van der Waals surface area contributed by atoms with Crippen LogP contribution in [0, 0.1) is 17.7 Å². The summed E-state index contributed by atoms with van der Waals surface area (Å²) in [6, 6.07) is 12.5. The second-order valence-corrected chi connectivity index (χ2v) is 17.8. The molecule has 19 nitrogen and oxygen atoms in total. The molecule has 15 atom stereocenters. The summed E-state index contributed by atoms with van der Waals surface area (Å²) in [5.74, 6) is -3.72. The Balaban J connectivity index is 1.30. The van der Waals surface area contributed by atoms with Crippen molar-refractivity contribution in [3.8, 4) is 11.3 Å². The molecule has 0 spiro atoms. The van der Waals surface area contributed by atoms with Crippen molar-refractivity contribution in [1.82, 2.24) is 15.0 Å². The lowest BCUT2D eigenvalue weighted by Crippen LogP contribution is -2.64. The molecule has 2 saturated carbocycles. The Labute approximate surface area is 380 Å². The third-order valence-corrected chi connectivity index (χ3v) is 13.2. The van der Waals surface area contributed by atoms with Gasteiger partial charge in [-0.15, -0.1) is 5.10 Å². The number of hydrogen-bond acceptors (Lipinski definition) is 17. The Hall–Kier alpha value is -4.32. The lowest BCUT2D eigenvalue weighted by atomic mass is 9.78. The number of aromatic nitrogens is 3. The molecule has 0 bridgehead atoms. The first-order chi connectivity index (χ1) is 31.8. The number of halogens is 1. The highest BCUT2D eigenvalue weighted by Gasteiger charge is 2.54. The Bertz CT molecular complexity index is 2060. The second kappa shape index (κ2) is 22.7. The van der Waals surface area contributed by atoms with E-state index in [0.29, 0.717) is 12.0 Å². The van der Waals surface area contributed by atoms with E-state index in [1.165, 1.54) is 48.1 Å². The number of aliphatic carboxylic acids is 1. The van der Waals surface area contributed by atoms with E-state index in [0.717, 1.165) is 32.1 Å². The predicted molar refractivity (Wildman–Crippen MR) is 227 cm³/mol. The van der Waals surface area contributed by atoms with Gasteiger partial charge in [-0.2, -0.15) is 0 Å². The zero-order valence-corrected chi connectivity index (χ0v) is 36.7. The molecule has 3 aromatic rings. The van der Waals surface area contributed by atoms with Gasteiger partial charge in [0, 0.05) is 17.9 Å². The molecule has 66 heavy (non-hydrogen) atoms. The highest BCUT2D eigenvalue weighted by Crippen LogP contribution is 2.42. The maximum absolute atomic E-state index is 14.4. The van der Waals surface area contributed by atoms with Crippen LogP contribution in [0.4, 0.5) is 4.39 Å². The number of esters is 1. The molecular weight excluding hydrogens is 868 g/mol. The van der Waals surface area contributed by atoms with Crippen molar-refractivity contribution in [3.05, 3.63) is 72.2 Å². The van der Waals surface area contributed by atoms with Crippen LogP contribution in [0.1, 0.15) is 87.5 Å². The van der Waals surface area contributed by atoms with Crippen molar-refractivity contribution in [2.75, 3.05) is 13.2 Å². The number of carbonyl (C=O) groups excluding carboxylic acids is 2. The summed E-state index contributed by atoms with van der Waals surface area (Å²) in [5.41, 5.74) is 6.53. The molecule has 2 aromatic carbocycles. The Kier molecular flexibility index (Phi) is 17.0. The zero-order chi connectivity index (χ0) is 47.1. The summed E-state index contributed by atoms with van der Waals surface area (Å²) < 4.78 is 53.5. The van der Waals surface area contributed by atoms with Crippen LogP contribution in [0.5, 0.6) is 0 Å². The molecule has 2 saturated heterocycles. The highest BCUT2D eigenvalue weighted by atomic mass is 19.1. The van der Waals surface area contributed by atoms with E-state index in [2.05, 4.69) is 10.3 Å². The minimum absolute atomic E-state index is 0.00609. The molecule has 6 unspecified atom stereocenters. The molecule has 20 heteroatoms. The van der Waals surface area contributed by atoms with E-state index < -0.39 is 116 Å². The number of nitrogens with two attached hydrogens (primary N) is 1. The molecule has 1 aromatic heterocycles. The van der Waals surface area contributed by atoms with Gasteiger partial charge in [0.25, 0.3) is 0 Å². The second-order valence-electron chi connectivity index (χ2n) is 17.8. The van der Waals surface area contributed by atoms with Crippen LogP contribution in [-0.2, 0) is 38.0 Å². The van der Waals surface area contributed by atoms with Crippen molar-refractivity contribution < 1.29 is 77.8 Å². The maximum atomic E-state index is 14.4. The van der Waals surface area contributed by atoms with Gasteiger partial charge < -0.3 is 64.8 Å². The smallest absolute Gasteiger partial charge is 0.338 e. The van der Waals surface area contributed by atoms with Gasteiger partial charge >= 0.3 is 11.9 Å². The average molecular weight is 929 g/mol. The lowest BCUT2D eigenvalue weighted by molar-refractivity contribution is -0.348. The number of carbonyl (C=O) groups is 3. The van der Waals surface area contributed by atoms with Gasteiger partial charge in [0.1, 0.15) is 60.0 Å². The number of aliphatic hydroxyl groups is 5. The summed E-state index contributed by atoms with van der Waals surface area (Å²) in [7, 11) is 0. The fourth-order valence-electron chi connectivity index (χ4n) is 9.50. The number of aliphatic hydroxyl groups excluding tert-OH is 5. The highest BCUT2D eigenvalue weighted by molar-refractivity contribution is 5.89. The minimum atomic E-state index is -1.80. The first-order valence-electron chi connectivity index (χ1n) is 22.8. The molecule has 4 fully saturated rings. The van der Waals surface area contributed by atoms with Crippen LogP contribution in [0.2, 0.25) is 0 Å². The summed E-state index contributed by atoms with van der Waals surface area (Å²) in [4.78, 5) is 40.8. The third kappa shape index (κ3) is 11.7. The van der Waals surface area contributed by atoms with Crippen LogP contribution in [-0.4, -0.2) is 156 Å². The molecular formula is C46H61FN4O15. The fraction of sp³-hybridized carbons (Fsp3) is 0.630. The van der Waals surface area contributed by atoms with Gasteiger partial charge in [-0.3, -0.25) is 4.79 Å². The van der Waals surface area contributed by atoms with Crippen molar-refractivity contribution in [3.63, 3.8) is 0 Å². The number of nitrogens with zero attached hydrogens (tertiary/aromatic N) is 3. The quantitative estimate of drug-likeness (QED) is 0.0899. The average Bonchev–Trinajstić information content (AvgIpc) is 3.82. The van der Waals surface area contributed by atoms with Gasteiger partial charge in [0.15, 0.2) is 24.8 Å². The van der Waals surface area contributed by atoms with Crippen LogP contribution in [0.25, 0.3) is 11.3 Å². The molecule has 2 aliphatic carbocycles. The Morgan fingerprint density at radius 3 is 2.35 bits per heavy atom. The number of carboxylic acids is 1. The van der Waals surface area contributed by atoms with Crippen molar-refractivity contribution in [2.24, 2.45) is 17.6 Å². The molecule has 8 N–H and O–H groups in total. The molecule has 0 amide bonds. The number of Topliss-reactive ketones (excluding diaryl/α,β-unsaturated/α-hetero) is 1. The third-order valence-electron chi connectivity index (χ3n) is 13.2. The van der Waals surface area contributed by atoms with E-state index in [9.17, 15) is 49.4 Å². The van der Waals surface area contributed by atoms with Crippen LogP contribution in [0.15, 0.2) is 60.8 Å². The first-order valence-corrected chi connectivity index (χ1v) is 22.8. The van der Waals surface area contributed by atoms with Crippen LogP contribution in [0.3, 0.4) is 0 Å². The predicted octanol–water partition coefficient (Wildman–Crippen LogP) is 2.05. The van der Waals surface area contributed by atoms with Gasteiger partial charge in [-0.05, 0) is 69.3 Å². The van der Waals surface area contributed by atoms with Gasteiger partial charge in [0.05, 0.1) is 36.6 Å². The number of ether oxygens (including phenoxy) is 6. The summed E-state index contributed by atoms with van der Waals surface area (Å²) in [5, 5.41) is 74.1. The maximum Gasteiger partial charge on any atom is 0.338 e. The normalized spacial score (nSPS) is 33.5. The molecule has 362 valence electrons. The first kappa shape index (κ1) is 49.6. The molecule has 7 rings (SSSR count). The Morgan fingerprint density at radius 2 is 1.65 bits per heavy atom. The van der Waals surface area contributed by atoms with Gasteiger partial charge in [0.2, 0.25) is 0 Å². The van der Waals surface area contributed by atoms with Crippen LogP contribution < -0.4 is 5.73 Å². The number of rotatable bonds is 18. The van der Waals surface area contributed by atoms with Crippen molar-refractivity contribution >= 4 is 17.7 Å². The van der Waals surface area contributed by atoms with Gasteiger partial charge in [-0.1, -0.05) is 67.6 Å². The van der Waals surface area contributed by atoms with E-state index in [4.69, 9.17) is 34.2 Å². The van der Waals surface area contributed by atoms with Crippen molar-refractivity contribution in [2.45, 2.75) is 157 Å². The summed E-state index contributed by atoms with van der Waals surface area (Å²) in [6.07, 6.45) is -13.6. The fourth-order valence-corrected chi connectivity index (χ4v) is 9.50. The molecule has 2 aliphatic heterocycles. The van der Waals surface area contributed by atoms with E-state index in [1.807, 2.05) is 0 Å². The molecule has 4 aliphatic rings. The molecule has 0 radical (unpaired) electrons. The summed E-state index contributed by atoms with van der Waals surface area (Å²) in [6.45, 7) is 0.889. The zero-order valence-electron chi connectivity index (χ0n) is 36.7. The molecule has 3 heterocycles. The van der Waals surface area contributed by atoms with Crippen LogP contribution >= 0.6 is 0 Å². The number of ketones is 1. The number of hydrogen-bond donors (Lipinski definition) is 7. The standard InChI is InChI=1S/C46H61FN4O15/c1-24-36(54)38(56)39(57)45(61-24)66-40-31(51-22-30(49-50-51)27-14-8-15-29(47)19-27)20-28(32(53)16-9-17-48)21-33(40)63-46-42(65-44(60)26-12-6-3-7-13-26)41(37(55)35(23-52)64-46)62-34(43(58)59)18-25-10-4-2-5-11-25/h3,6-8,12-15,19,22,24-25,28,31,33-42,45-46,52,54-57H,2,4-5,9-11,16-18,20-21,23,48H2,1H3,(H,58,59)/t24?,28?,31?,33-,34+,35?,36-,37+,38+,39?,40-,41+,42?,45+,46-/m1/s1. The number of benzene rings is 2. The van der Waals surface area contributed by atoms with E-state index in [1.54, 1.807) is 24.3 Å². The summed E-state index contributed by atoms with van der Waals surface area (Å²) >= 11 is 0. The SMILES string of the molecule is CC1O[C@@H](O[C@@H]2C(n3cc(-c4cccc(F)c4)nn3)CC(C(=O)CCCN)C[C@H]2O[C@@H]2OC(CO)[C@H](O)[C@H](O[C@@H](CC3CCCCC3)C(=O)O)C2OC(=O)c2ccccc2)C(O)[C@@H](O)[C@@H]1O. The van der Waals surface area contributed by atoms with Crippen molar-refractivity contribution in [1.29, 1.82) is 0 Å². The topological polar surface area (TPSA) is 285 Å². The van der Waals surface area contributed by atoms with E-state index in [-0.39, 0.29) is 55.2 Å². The number of carboxylic acid groups (broad SMARTS) is 1. The minimum Gasteiger partial charge on any atom is -0.479 e.